The number of hydrogen-bond donors (Lipinski definition) is 0. The molecular formula is C19H37N3O. The summed E-state index contributed by atoms with van der Waals surface area (Å²) in [7, 11) is 0. The Hall–Kier alpha value is -0.160. The summed E-state index contributed by atoms with van der Waals surface area (Å²) in [5.41, 5.74) is 0.512. The van der Waals surface area contributed by atoms with Crippen LogP contribution < -0.4 is 0 Å². The minimum atomic E-state index is 0.376. The molecule has 0 atom stereocenters. The first-order chi connectivity index (χ1) is 11.0. The summed E-state index contributed by atoms with van der Waals surface area (Å²) in [5.74, 6) is 0.905. The number of piperazine rings is 1. The average molecular weight is 324 g/mol. The maximum Gasteiger partial charge on any atom is 0.0538 e. The van der Waals surface area contributed by atoms with Crippen molar-refractivity contribution < 1.29 is 4.74 Å². The molecule has 3 aliphatic rings. The van der Waals surface area contributed by atoms with Gasteiger partial charge in [0.05, 0.1) is 12.7 Å². The molecule has 0 unspecified atom stereocenters. The Labute approximate surface area is 143 Å². The predicted octanol–water partition coefficient (Wildman–Crippen LogP) is 2.15. The fourth-order valence-corrected chi connectivity index (χ4v) is 4.09. The molecule has 1 aliphatic carbocycles. The lowest BCUT2D eigenvalue weighted by Crippen LogP contribution is -2.56. The Morgan fingerprint density at radius 2 is 1.61 bits per heavy atom. The van der Waals surface area contributed by atoms with Crippen LogP contribution in [-0.2, 0) is 4.74 Å². The van der Waals surface area contributed by atoms with Crippen LogP contribution in [0.4, 0.5) is 0 Å². The van der Waals surface area contributed by atoms with E-state index in [-0.39, 0.29) is 0 Å². The lowest BCUT2D eigenvalue weighted by Gasteiger charge is -2.45. The molecule has 0 radical (unpaired) electrons. The lowest BCUT2D eigenvalue weighted by molar-refractivity contribution is -0.00229. The van der Waals surface area contributed by atoms with Gasteiger partial charge in [0.1, 0.15) is 0 Å². The van der Waals surface area contributed by atoms with E-state index in [1.807, 2.05) is 0 Å². The summed E-state index contributed by atoms with van der Waals surface area (Å²) in [6.07, 6.45) is 3.12. The third-order valence-electron chi connectivity index (χ3n) is 5.93. The van der Waals surface area contributed by atoms with Crippen molar-refractivity contribution in [1.82, 2.24) is 14.7 Å². The number of nitrogens with zero attached hydrogens (tertiary/aromatic N) is 3. The van der Waals surface area contributed by atoms with Gasteiger partial charge in [-0.15, -0.1) is 0 Å². The summed E-state index contributed by atoms with van der Waals surface area (Å²) < 4.78 is 5.88. The van der Waals surface area contributed by atoms with Gasteiger partial charge < -0.3 is 14.5 Å². The average Bonchev–Trinajstić information content (AvgIpc) is 3.24. The van der Waals surface area contributed by atoms with Crippen LogP contribution in [0, 0.1) is 11.3 Å². The van der Waals surface area contributed by atoms with Crippen molar-refractivity contribution in [1.29, 1.82) is 0 Å². The van der Waals surface area contributed by atoms with Gasteiger partial charge in [0.15, 0.2) is 0 Å². The topological polar surface area (TPSA) is 19.0 Å². The van der Waals surface area contributed by atoms with Gasteiger partial charge in [0, 0.05) is 63.8 Å². The summed E-state index contributed by atoms with van der Waals surface area (Å²) >= 11 is 0. The molecule has 2 heterocycles. The molecule has 3 fully saturated rings. The highest BCUT2D eigenvalue weighted by Crippen LogP contribution is 2.47. The van der Waals surface area contributed by atoms with E-state index in [9.17, 15) is 0 Å². The highest BCUT2D eigenvalue weighted by atomic mass is 16.5. The van der Waals surface area contributed by atoms with Gasteiger partial charge in [0.25, 0.3) is 0 Å². The van der Waals surface area contributed by atoms with E-state index in [0.717, 1.165) is 12.5 Å². The largest absolute Gasteiger partial charge is 0.378 e. The molecule has 1 saturated carbocycles. The predicted molar refractivity (Wildman–Crippen MR) is 95.8 cm³/mol. The molecule has 23 heavy (non-hydrogen) atoms. The summed E-state index contributed by atoms with van der Waals surface area (Å²) in [6.45, 7) is 20.2. The Kier molecular flexibility index (Phi) is 5.67. The van der Waals surface area contributed by atoms with Crippen molar-refractivity contribution in [3.63, 3.8) is 0 Å². The van der Waals surface area contributed by atoms with E-state index in [2.05, 4.69) is 42.4 Å². The first kappa shape index (κ1) is 17.7. The Bertz CT molecular complexity index is 367. The standard InChI is InChI=1S/C19H37N3O/c1-16(2)22-9-7-20(8-10-22)11-18-12-21(13-18)14-19(5-6-19)15-23-17(3)4/h16-18H,5-15H2,1-4H3. The molecule has 0 N–H and O–H groups in total. The second-order valence-corrected chi connectivity index (χ2v) is 8.85. The molecule has 4 nitrogen and oxygen atoms in total. The van der Waals surface area contributed by atoms with Gasteiger partial charge in [0.2, 0.25) is 0 Å². The molecule has 134 valence electrons. The molecule has 0 aromatic rings. The maximum absolute atomic E-state index is 5.88. The van der Waals surface area contributed by atoms with Crippen LogP contribution in [0.25, 0.3) is 0 Å². The monoisotopic (exact) mass is 323 g/mol. The van der Waals surface area contributed by atoms with Crippen LogP contribution in [0.5, 0.6) is 0 Å². The fraction of sp³-hybridized carbons (Fsp3) is 1.00. The smallest absolute Gasteiger partial charge is 0.0538 e. The van der Waals surface area contributed by atoms with E-state index in [1.165, 1.54) is 65.2 Å². The van der Waals surface area contributed by atoms with Crippen molar-refractivity contribution in [2.24, 2.45) is 11.3 Å². The highest BCUT2D eigenvalue weighted by Gasteiger charge is 2.46. The third kappa shape index (κ3) is 4.91. The van der Waals surface area contributed by atoms with Gasteiger partial charge >= 0.3 is 0 Å². The van der Waals surface area contributed by atoms with E-state index < -0.39 is 0 Å². The number of likely N-dealkylation sites (tertiary alicyclic amines) is 1. The summed E-state index contributed by atoms with van der Waals surface area (Å²) in [5, 5.41) is 0. The minimum Gasteiger partial charge on any atom is -0.378 e. The zero-order valence-electron chi connectivity index (χ0n) is 15.8. The van der Waals surface area contributed by atoms with Crippen molar-refractivity contribution in [3.05, 3.63) is 0 Å². The zero-order chi connectivity index (χ0) is 16.4. The third-order valence-corrected chi connectivity index (χ3v) is 5.93. The molecular weight excluding hydrogens is 286 g/mol. The van der Waals surface area contributed by atoms with Gasteiger partial charge in [-0.2, -0.15) is 0 Å². The Balaban J connectivity index is 1.30. The van der Waals surface area contributed by atoms with Crippen LogP contribution in [0.15, 0.2) is 0 Å². The quantitative estimate of drug-likeness (QED) is 0.681. The van der Waals surface area contributed by atoms with Crippen molar-refractivity contribution in [3.8, 4) is 0 Å². The number of rotatable bonds is 8. The van der Waals surface area contributed by atoms with Crippen molar-refractivity contribution in [2.45, 2.75) is 52.7 Å². The zero-order valence-corrected chi connectivity index (χ0v) is 15.8. The summed E-state index contributed by atoms with van der Waals surface area (Å²) in [4.78, 5) is 7.97. The van der Waals surface area contributed by atoms with Crippen LogP contribution >= 0.6 is 0 Å². The van der Waals surface area contributed by atoms with Gasteiger partial charge in [-0.3, -0.25) is 4.90 Å². The molecule has 0 amide bonds. The van der Waals surface area contributed by atoms with E-state index in [1.54, 1.807) is 0 Å². The van der Waals surface area contributed by atoms with E-state index >= 15 is 0 Å². The molecule has 2 saturated heterocycles. The maximum atomic E-state index is 5.88. The number of ether oxygens (including phenoxy) is 1. The Morgan fingerprint density at radius 1 is 0.957 bits per heavy atom. The molecule has 0 bridgehead atoms. The fourth-order valence-electron chi connectivity index (χ4n) is 4.09. The second kappa shape index (κ2) is 7.38. The van der Waals surface area contributed by atoms with Crippen molar-refractivity contribution >= 4 is 0 Å². The molecule has 4 heteroatoms. The van der Waals surface area contributed by atoms with E-state index in [4.69, 9.17) is 4.74 Å². The lowest BCUT2D eigenvalue weighted by atomic mass is 9.96. The van der Waals surface area contributed by atoms with E-state index in [0.29, 0.717) is 17.6 Å². The minimum absolute atomic E-state index is 0.376. The first-order valence-corrected chi connectivity index (χ1v) is 9.76. The molecule has 0 spiro atoms. The highest BCUT2D eigenvalue weighted by molar-refractivity contribution is 4.98. The molecule has 0 aromatic heterocycles. The normalized spacial score (nSPS) is 26.9. The van der Waals surface area contributed by atoms with Gasteiger partial charge in [-0.05, 0) is 46.5 Å². The number of hydrogen-bond acceptors (Lipinski definition) is 4. The first-order valence-electron chi connectivity index (χ1n) is 9.76. The molecule has 3 rings (SSSR count). The van der Waals surface area contributed by atoms with Crippen molar-refractivity contribution in [2.75, 3.05) is 59.0 Å². The van der Waals surface area contributed by atoms with Crippen LogP contribution in [0.3, 0.4) is 0 Å². The second-order valence-electron chi connectivity index (χ2n) is 8.85. The Morgan fingerprint density at radius 3 is 2.13 bits per heavy atom. The SMILES string of the molecule is CC(C)OCC1(CN2CC(CN3CCN(C(C)C)CC3)C2)CC1. The molecule has 2 aliphatic heterocycles. The molecule has 0 aromatic carbocycles. The van der Waals surface area contributed by atoms with Gasteiger partial charge in [-0.25, -0.2) is 0 Å². The van der Waals surface area contributed by atoms with Crippen LogP contribution in [0.2, 0.25) is 0 Å². The van der Waals surface area contributed by atoms with Crippen LogP contribution in [0.1, 0.15) is 40.5 Å². The van der Waals surface area contributed by atoms with Crippen LogP contribution in [-0.4, -0.2) is 85.8 Å². The van der Waals surface area contributed by atoms with Gasteiger partial charge in [-0.1, -0.05) is 0 Å². The summed E-state index contributed by atoms with van der Waals surface area (Å²) in [6, 6.07) is 0.708.